The highest BCUT2D eigenvalue weighted by Crippen LogP contribution is 2.23. The second-order valence-electron chi connectivity index (χ2n) is 27.3. The summed E-state index contributed by atoms with van der Waals surface area (Å²) in [7, 11) is 3.50. The molecule has 9 rings (SSSR count). The Hall–Kier alpha value is -9.19. The number of nitriles is 2. The second-order valence-corrected chi connectivity index (χ2v) is 28.1. The summed E-state index contributed by atoms with van der Waals surface area (Å²) < 4.78 is 45.2. The molecule has 2 heterocycles. The highest BCUT2D eigenvalue weighted by atomic mass is 35.5. The van der Waals surface area contributed by atoms with Gasteiger partial charge in [-0.3, -0.25) is 9.18 Å². The van der Waals surface area contributed by atoms with Crippen molar-refractivity contribution in [3.05, 3.63) is 237 Å². The average Bonchev–Trinajstić information content (AvgIpc) is 0.966. The summed E-state index contributed by atoms with van der Waals surface area (Å²) in [5, 5.41) is 86.8. The quantitative estimate of drug-likeness (QED) is 0.0118. The topological polar surface area (TPSA) is 380 Å². The van der Waals surface area contributed by atoms with E-state index < -0.39 is 60.9 Å². The summed E-state index contributed by atoms with van der Waals surface area (Å²) in [5.41, 5.74) is 14.7. The number of hydrogen-bond donors (Lipinski definition) is 10. The number of alkyl halides is 3. The third-order valence-corrected chi connectivity index (χ3v) is 14.6. The number of benzene rings is 7. The Bertz CT molecular complexity index is 3730. The van der Waals surface area contributed by atoms with Gasteiger partial charge in [-0.15, -0.1) is 35.6 Å². The predicted octanol–water partition coefficient (Wildman–Crippen LogP) is 18.7. The van der Waals surface area contributed by atoms with Crippen LogP contribution in [-0.2, 0) is 28.4 Å². The van der Waals surface area contributed by atoms with Crippen LogP contribution in [0.3, 0.4) is 0 Å². The fourth-order valence-electron chi connectivity index (χ4n) is 9.32. The van der Waals surface area contributed by atoms with Gasteiger partial charge in [0.2, 0.25) is 0 Å². The maximum atomic E-state index is 11.4. The van der Waals surface area contributed by atoms with Crippen molar-refractivity contribution in [3.63, 3.8) is 0 Å². The van der Waals surface area contributed by atoms with Gasteiger partial charge >= 0.3 is 24.1 Å². The number of aryl methyl sites for hydroxylation is 5. The van der Waals surface area contributed by atoms with Crippen molar-refractivity contribution in [1.29, 1.82) is 10.5 Å². The van der Waals surface area contributed by atoms with Crippen molar-refractivity contribution in [2.45, 2.75) is 197 Å². The van der Waals surface area contributed by atoms with Crippen molar-refractivity contribution in [3.8, 4) is 23.6 Å². The number of rotatable bonds is 19. The minimum Gasteiger partial charge on any atom is -0.508 e. The van der Waals surface area contributed by atoms with Gasteiger partial charge < -0.3 is 80.5 Å². The number of nitrogens with zero attached hydrogens (tertiary/aromatic N) is 2. The number of aliphatic hydroxyl groups is 5. The van der Waals surface area contributed by atoms with Crippen LogP contribution in [0.15, 0.2) is 170 Å². The number of alkyl carbamates (subject to hydrolysis) is 2. The number of aliphatic hydroxyl groups excluding tert-OH is 5. The van der Waals surface area contributed by atoms with Crippen LogP contribution in [-0.4, -0.2) is 163 Å². The van der Waals surface area contributed by atoms with E-state index in [1.165, 1.54) is 62.3 Å². The summed E-state index contributed by atoms with van der Waals surface area (Å²) in [6.07, 6.45) is 3.35. The number of phenolic OH excluding ortho intramolecular Hbond substituents is 2. The molecule has 23 nitrogen and oxygen atoms in total. The number of nitrogens with one attached hydrogen (secondary N) is 2. The van der Waals surface area contributed by atoms with E-state index in [1.54, 1.807) is 84.0 Å². The zero-order valence-corrected chi connectivity index (χ0v) is 74.4. The van der Waals surface area contributed by atoms with Gasteiger partial charge in [-0.25, -0.2) is 19.2 Å². The zero-order chi connectivity index (χ0) is 91.0. The zero-order valence-electron chi connectivity index (χ0n) is 73.0. The van der Waals surface area contributed by atoms with E-state index in [1.807, 2.05) is 171 Å². The second kappa shape index (κ2) is 75.1. The van der Waals surface area contributed by atoms with E-state index in [-0.39, 0.29) is 60.4 Å². The molecule has 2 amide bonds. The number of amides is 2. The molecule has 119 heavy (non-hydrogen) atoms. The van der Waals surface area contributed by atoms with E-state index in [0.717, 1.165) is 65.4 Å². The average molecular weight is 1720 g/mol. The molecule has 2 aliphatic heterocycles. The Kier molecular flexibility index (Phi) is 73.2. The van der Waals surface area contributed by atoms with E-state index in [0.29, 0.717) is 74.4 Å². The van der Waals surface area contributed by atoms with Crippen molar-refractivity contribution in [2.75, 3.05) is 78.4 Å². The molecule has 28 heteroatoms. The first kappa shape index (κ1) is 116. The molecule has 7 aromatic rings. The molecule has 660 valence electrons. The predicted molar refractivity (Wildman–Crippen MR) is 475 cm³/mol. The van der Waals surface area contributed by atoms with Gasteiger partial charge in [-0.05, 0) is 219 Å². The van der Waals surface area contributed by atoms with E-state index in [2.05, 4.69) is 18.5 Å². The standard InChI is InChI=1S/C15H23NO3.C14H21NO4.C10H15NO.C10H11NO.C10H9NO.C10H12O2.C9H10O3.2C4H8O.C2H6O.CH3B.CH2Cl2.CH3F.ClH/c1-11-6-5-7-12(10-11)13(17)8-9-16-14(18)19-15(2,3)4;1-14(2,3)19-13(18)15-8-7-12(17)10-5-4-6-11(16)9-10;3*1-8-3-2-4-9(7-8)10(12)5-6-11;1-3-12-10(11)9-6-4-5-8(2)7-9;1-2-12-9(11)7-4-3-5-8(10)6-7;2*1-2-4-5-3-1;1-2-3;1-2;2-1-3;1-2;/h5-7,10,13,17H,8-9H2,1-4H3,(H,16,18);4-6,9,12,16-17H,7-8H2,1-3H3,(H,15,18);2-4,7,10,12H,5-6,11H2,1H3;2-4,7,10,12H,5H2,1H3;2-4,7H,5H2,1H3;4-7H,3H2,1-2H3;3-6,10H,2H2,1H3;2*1-4H2;3H,2H2,1H3;1H3;1H2;1H3;1H/t13-;12-;2*10-;;;;;;;;;;/m1111........../s1/i;;;;;;;;;;;;1D;. The smallest absolute Gasteiger partial charge is 0.407 e. The van der Waals surface area contributed by atoms with E-state index in [4.69, 9.17) is 79.5 Å². The molecule has 0 spiro atoms. The molecule has 4 atom stereocenters. The third-order valence-electron chi connectivity index (χ3n) is 14.6. The Morgan fingerprint density at radius 3 is 1.11 bits per heavy atom. The maximum absolute atomic E-state index is 11.4. The number of phenols is 2. The lowest BCUT2D eigenvalue weighted by molar-refractivity contribution is 0.0505. The van der Waals surface area contributed by atoms with E-state index >= 15 is 0 Å². The van der Waals surface area contributed by atoms with Gasteiger partial charge in [-0.1, -0.05) is 156 Å². The lowest BCUT2D eigenvalue weighted by Crippen LogP contribution is -2.33. The molecule has 2 saturated heterocycles. The Morgan fingerprint density at radius 2 is 0.815 bits per heavy atom. The Morgan fingerprint density at radius 1 is 0.521 bits per heavy atom. The first-order valence-corrected chi connectivity index (χ1v) is 39.8. The van der Waals surface area contributed by atoms with Gasteiger partial charge in [0.1, 0.15) is 22.7 Å². The number of ether oxygens (including phenoxy) is 6. The molecule has 2 radical (unpaired) electrons. The molecule has 11 N–H and O–H groups in total. The maximum Gasteiger partial charge on any atom is 0.407 e. The molecule has 0 bridgehead atoms. The van der Waals surface area contributed by atoms with Crippen LogP contribution in [0.25, 0.3) is 0 Å². The molecule has 0 aliphatic carbocycles. The highest BCUT2D eigenvalue weighted by Gasteiger charge is 2.19. The van der Waals surface area contributed by atoms with Gasteiger partial charge in [0, 0.05) is 51.7 Å². The van der Waals surface area contributed by atoms with Crippen molar-refractivity contribution >= 4 is 73.4 Å². The van der Waals surface area contributed by atoms with Crippen molar-refractivity contribution < 1.29 is 93.9 Å². The fourth-order valence-corrected chi connectivity index (χ4v) is 9.32. The molecular weight excluding hydrogens is 1590 g/mol. The van der Waals surface area contributed by atoms with Crippen molar-refractivity contribution in [1.82, 2.24) is 10.6 Å². The SMILES string of the molecule is C1CCOC1.C1CCOC1.CC(C)(C)OC(=O)NCC[C@@H](O)c1cccc(O)c1.CCO.CCOC(=O)c1cccc(C)c1.CCOC(=O)c1cccc(O)c1.Cc1cccc(C(=O)CC#N)c1.Cc1cccc([C@H](O)CC#N)c1.Cc1cccc([C@H](O)CCN)c1.Cc1cccc([C@H](O)CCNC(=O)OC(C)(C)C)c1.Cl.ClCCl.[2H]CF.[B]C. The molecular formula is C91H132BCl3FN5O18. The van der Waals surface area contributed by atoms with Gasteiger partial charge in [0.05, 0.1) is 95.4 Å². The van der Waals surface area contributed by atoms with Crippen LogP contribution in [0.1, 0.15) is 227 Å². The summed E-state index contributed by atoms with van der Waals surface area (Å²) in [6.45, 7) is 33.6. The number of carbonyl (C=O) groups is 5. The van der Waals surface area contributed by atoms with Crippen LogP contribution in [0, 0.1) is 57.3 Å². The number of ketones is 1. The number of carbonyl (C=O) groups excluding carboxylic acids is 5. The normalized spacial score (nSPS) is 12.0. The lowest BCUT2D eigenvalue weighted by atomic mass is 10.0. The Balaban J connectivity index is -0.000000413. The largest absolute Gasteiger partial charge is 0.508 e. The van der Waals surface area contributed by atoms with Crippen LogP contribution < -0.4 is 16.4 Å². The molecule has 0 unspecified atom stereocenters. The highest BCUT2D eigenvalue weighted by molar-refractivity contribution is 6.40. The van der Waals surface area contributed by atoms with Gasteiger partial charge in [-0.2, -0.15) is 10.5 Å². The fraction of sp³-hybridized carbons (Fsp3) is 0.462. The molecule has 0 aromatic heterocycles. The van der Waals surface area contributed by atoms with Crippen LogP contribution in [0.4, 0.5) is 14.0 Å². The summed E-state index contributed by atoms with van der Waals surface area (Å²) in [6, 6.07) is 54.0. The summed E-state index contributed by atoms with van der Waals surface area (Å²) in [5.74, 6) is -0.590. The van der Waals surface area contributed by atoms with Crippen LogP contribution >= 0.6 is 35.6 Å². The minimum atomic E-state index is -1.00. The summed E-state index contributed by atoms with van der Waals surface area (Å²) in [4.78, 5) is 56.2. The van der Waals surface area contributed by atoms with Gasteiger partial charge in [0.25, 0.3) is 0 Å². The first-order chi connectivity index (χ1) is 56.5. The number of esters is 2. The molecule has 2 fully saturated rings. The van der Waals surface area contributed by atoms with Crippen LogP contribution in [0.5, 0.6) is 11.5 Å². The number of aromatic hydroxyl groups is 2. The molecule has 0 saturated carbocycles. The summed E-state index contributed by atoms with van der Waals surface area (Å²) >= 11 is 9.53. The molecule has 2 aliphatic rings. The Labute approximate surface area is 725 Å². The minimum absolute atomic E-state index is 0. The monoisotopic (exact) mass is 1720 g/mol. The third kappa shape index (κ3) is 67.3. The molecule has 7 aromatic carbocycles. The number of hydrogen-bond acceptors (Lipinski definition) is 21. The number of nitrogens with two attached hydrogens (primary N) is 1. The van der Waals surface area contributed by atoms with Crippen LogP contribution in [0.2, 0.25) is 6.82 Å². The lowest BCUT2D eigenvalue weighted by Gasteiger charge is -2.20. The van der Waals surface area contributed by atoms with Crippen molar-refractivity contribution in [2.24, 2.45) is 5.73 Å². The van der Waals surface area contributed by atoms with Gasteiger partial charge in [0.15, 0.2) is 5.78 Å². The van der Waals surface area contributed by atoms with E-state index in [9.17, 15) is 53.9 Å². The number of Topliss-reactive ketones (excluding diaryl/α,β-unsaturated/α-hetero) is 1. The first-order valence-electron chi connectivity index (χ1n) is 39.4. The number of halogens is 4.